The predicted molar refractivity (Wildman–Crippen MR) is 65.3 cm³/mol. The fourth-order valence-electron chi connectivity index (χ4n) is 1.26. The number of carbonyl (C=O) groups excluding carboxylic acids is 1. The van der Waals surface area contributed by atoms with Crippen LogP contribution in [0.5, 0.6) is 11.5 Å². The van der Waals surface area contributed by atoms with E-state index in [4.69, 9.17) is 15.9 Å². The van der Waals surface area contributed by atoms with Crippen molar-refractivity contribution in [2.75, 3.05) is 14.2 Å². The number of amides is 1. The second-order valence-electron chi connectivity index (χ2n) is 3.46. The highest BCUT2D eigenvalue weighted by Gasteiger charge is 2.11. The number of hydrogen-bond donors (Lipinski definition) is 1. The van der Waals surface area contributed by atoms with Gasteiger partial charge in [0.15, 0.2) is 0 Å². The predicted octanol–water partition coefficient (Wildman–Crippen LogP) is 1.46. The van der Waals surface area contributed by atoms with Crippen molar-refractivity contribution in [3.05, 3.63) is 23.8 Å². The maximum atomic E-state index is 11.8. The summed E-state index contributed by atoms with van der Waals surface area (Å²) in [5.74, 6) is 3.29. The van der Waals surface area contributed by atoms with E-state index in [1.54, 1.807) is 25.1 Å². The van der Waals surface area contributed by atoms with E-state index in [0.29, 0.717) is 17.1 Å². The quantitative estimate of drug-likeness (QED) is 0.801. The lowest BCUT2D eigenvalue weighted by Gasteiger charge is -2.10. The van der Waals surface area contributed by atoms with E-state index in [2.05, 4.69) is 11.2 Å². The molecule has 0 bridgehead atoms. The second-order valence-corrected chi connectivity index (χ2v) is 3.46. The molecule has 0 aromatic heterocycles. The Morgan fingerprint density at radius 2 is 1.82 bits per heavy atom. The fraction of sp³-hybridized carbons (Fsp3) is 0.308. The average molecular weight is 233 g/mol. The number of hydrogen-bond acceptors (Lipinski definition) is 3. The molecule has 90 valence electrons. The Bertz CT molecular complexity index is 426. The highest BCUT2D eigenvalue weighted by atomic mass is 16.5. The summed E-state index contributed by atoms with van der Waals surface area (Å²) in [6.45, 7) is 1.73. The minimum absolute atomic E-state index is 0.257. The van der Waals surface area contributed by atoms with Crippen LogP contribution in [0, 0.1) is 12.3 Å². The minimum atomic E-state index is -0.320. The molecule has 4 nitrogen and oxygen atoms in total. The molecule has 1 unspecified atom stereocenters. The lowest BCUT2D eigenvalue weighted by Crippen LogP contribution is -2.31. The van der Waals surface area contributed by atoms with Gasteiger partial charge in [-0.15, -0.1) is 6.42 Å². The average Bonchev–Trinajstić information content (AvgIpc) is 2.37. The van der Waals surface area contributed by atoms with Gasteiger partial charge in [-0.25, -0.2) is 0 Å². The summed E-state index contributed by atoms with van der Waals surface area (Å²) >= 11 is 0. The van der Waals surface area contributed by atoms with Gasteiger partial charge in [0, 0.05) is 11.6 Å². The summed E-state index contributed by atoms with van der Waals surface area (Å²) in [5.41, 5.74) is 0.448. The first-order valence-corrected chi connectivity index (χ1v) is 5.10. The Kier molecular flexibility index (Phi) is 4.41. The summed E-state index contributed by atoms with van der Waals surface area (Å²) in [6.07, 6.45) is 5.20. The van der Waals surface area contributed by atoms with Crippen molar-refractivity contribution in [3.63, 3.8) is 0 Å². The van der Waals surface area contributed by atoms with Crippen molar-refractivity contribution in [2.24, 2.45) is 0 Å². The van der Waals surface area contributed by atoms with Crippen LogP contribution in [0.25, 0.3) is 0 Å². The van der Waals surface area contributed by atoms with Crippen molar-refractivity contribution in [1.29, 1.82) is 0 Å². The minimum Gasteiger partial charge on any atom is -0.497 e. The Hall–Kier alpha value is -2.15. The molecule has 1 aromatic carbocycles. The number of carbonyl (C=O) groups is 1. The molecule has 0 fully saturated rings. The summed E-state index contributed by atoms with van der Waals surface area (Å²) in [4.78, 5) is 11.8. The Balaban J connectivity index is 2.97. The van der Waals surface area contributed by atoms with E-state index in [9.17, 15) is 4.79 Å². The van der Waals surface area contributed by atoms with E-state index in [0.717, 1.165) is 0 Å². The smallest absolute Gasteiger partial charge is 0.252 e. The first kappa shape index (κ1) is 12.9. The van der Waals surface area contributed by atoms with Gasteiger partial charge in [-0.1, -0.05) is 5.92 Å². The molecule has 17 heavy (non-hydrogen) atoms. The molecule has 0 aliphatic carbocycles. The maximum Gasteiger partial charge on any atom is 0.252 e. The van der Waals surface area contributed by atoms with Crippen LogP contribution >= 0.6 is 0 Å². The molecule has 1 amide bonds. The van der Waals surface area contributed by atoms with Crippen LogP contribution in [-0.4, -0.2) is 26.2 Å². The summed E-state index contributed by atoms with van der Waals surface area (Å²) in [7, 11) is 3.06. The molecule has 1 atom stereocenters. The molecule has 0 heterocycles. The zero-order chi connectivity index (χ0) is 12.8. The summed E-state index contributed by atoms with van der Waals surface area (Å²) < 4.78 is 10.2. The number of nitrogens with one attached hydrogen (secondary N) is 1. The second kappa shape index (κ2) is 5.80. The third kappa shape index (κ3) is 3.42. The number of ether oxygens (including phenoxy) is 2. The summed E-state index contributed by atoms with van der Waals surface area (Å²) in [5, 5.41) is 2.66. The number of methoxy groups -OCH3 is 2. The van der Waals surface area contributed by atoms with Gasteiger partial charge in [0.2, 0.25) is 0 Å². The largest absolute Gasteiger partial charge is 0.497 e. The van der Waals surface area contributed by atoms with E-state index >= 15 is 0 Å². The van der Waals surface area contributed by atoms with Crippen LogP contribution in [0.2, 0.25) is 0 Å². The zero-order valence-corrected chi connectivity index (χ0v) is 10.1. The molecule has 1 N–H and O–H groups in total. The number of terminal acetylenes is 1. The third-order valence-electron chi connectivity index (χ3n) is 2.21. The standard InChI is InChI=1S/C13H15NO3/c1-5-9(2)14-13(15)10-6-11(16-3)8-12(7-10)17-4/h1,6-9H,2-4H3,(H,14,15). The van der Waals surface area contributed by atoms with E-state index in [-0.39, 0.29) is 11.9 Å². The van der Waals surface area contributed by atoms with Crippen molar-refractivity contribution >= 4 is 5.91 Å². The van der Waals surface area contributed by atoms with Gasteiger partial charge in [0.1, 0.15) is 11.5 Å². The zero-order valence-electron chi connectivity index (χ0n) is 10.1. The Labute approximate surface area is 101 Å². The molecule has 0 aliphatic rings. The molecular weight excluding hydrogens is 218 g/mol. The van der Waals surface area contributed by atoms with Crippen LogP contribution in [0.3, 0.4) is 0 Å². The molecule has 0 radical (unpaired) electrons. The van der Waals surface area contributed by atoms with Crippen molar-refractivity contribution < 1.29 is 14.3 Å². The van der Waals surface area contributed by atoms with Gasteiger partial charge in [-0.3, -0.25) is 4.79 Å². The molecule has 1 aromatic rings. The molecule has 0 saturated heterocycles. The SMILES string of the molecule is C#CC(C)NC(=O)c1cc(OC)cc(OC)c1. The maximum absolute atomic E-state index is 11.8. The topological polar surface area (TPSA) is 47.6 Å². The molecular formula is C13H15NO3. The molecule has 0 aliphatic heterocycles. The van der Waals surface area contributed by atoms with Crippen LogP contribution < -0.4 is 14.8 Å². The molecule has 0 saturated carbocycles. The van der Waals surface area contributed by atoms with Crippen LogP contribution in [-0.2, 0) is 0 Å². The van der Waals surface area contributed by atoms with Gasteiger partial charge in [-0.05, 0) is 19.1 Å². The Morgan fingerprint density at radius 1 is 1.29 bits per heavy atom. The van der Waals surface area contributed by atoms with Crippen LogP contribution in [0.15, 0.2) is 18.2 Å². The van der Waals surface area contributed by atoms with Crippen LogP contribution in [0.1, 0.15) is 17.3 Å². The van der Waals surface area contributed by atoms with Crippen molar-refractivity contribution in [2.45, 2.75) is 13.0 Å². The van der Waals surface area contributed by atoms with Gasteiger partial charge in [0.25, 0.3) is 5.91 Å². The van der Waals surface area contributed by atoms with E-state index < -0.39 is 0 Å². The molecule has 0 spiro atoms. The van der Waals surface area contributed by atoms with E-state index in [1.807, 2.05) is 0 Å². The van der Waals surface area contributed by atoms with Gasteiger partial charge in [0.05, 0.1) is 20.3 Å². The summed E-state index contributed by atoms with van der Waals surface area (Å²) in [6, 6.07) is 4.63. The molecule has 1 rings (SSSR count). The normalized spacial score (nSPS) is 11.2. The first-order valence-electron chi connectivity index (χ1n) is 5.10. The van der Waals surface area contributed by atoms with Gasteiger partial charge < -0.3 is 14.8 Å². The highest BCUT2D eigenvalue weighted by Crippen LogP contribution is 2.22. The van der Waals surface area contributed by atoms with Gasteiger partial charge >= 0.3 is 0 Å². The number of benzene rings is 1. The monoisotopic (exact) mass is 233 g/mol. The lowest BCUT2D eigenvalue weighted by atomic mass is 10.1. The highest BCUT2D eigenvalue weighted by molar-refractivity contribution is 5.95. The van der Waals surface area contributed by atoms with Crippen LogP contribution in [0.4, 0.5) is 0 Å². The Morgan fingerprint density at radius 3 is 2.24 bits per heavy atom. The fourth-order valence-corrected chi connectivity index (χ4v) is 1.26. The van der Waals surface area contributed by atoms with Crippen molar-refractivity contribution in [1.82, 2.24) is 5.32 Å². The first-order chi connectivity index (χ1) is 8.10. The van der Waals surface area contributed by atoms with E-state index in [1.165, 1.54) is 14.2 Å². The van der Waals surface area contributed by atoms with Crippen molar-refractivity contribution in [3.8, 4) is 23.8 Å². The van der Waals surface area contributed by atoms with Gasteiger partial charge in [-0.2, -0.15) is 0 Å². The lowest BCUT2D eigenvalue weighted by molar-refractivity contribution is 0.0947. The number of rotatable bonds is 4. The third-order valence-corrected chi connectivity index (χ3v) is 2.21. The molecule has 4 heteroatoms.